The number of nitrogens with one attached hydrogen (secondary N) is 1. The number of aryl methyl sites for hydroxylation is 2. The molecular formula is C11H17N3O. The van der Waals surface area contributed by atoms with Gasteiger partial charge in [0, 0.05) is 12.7 Å². The largest absolute Gasteiger partial charge is 0.391 e. The number of hydrogen-bond acceptors (Lipinski definition) is 4. The van der Waals surface area contributed by atoms with Crippen LogP contribution in [0.15, 0.2) is 6.20 Å². The molecule has 4 heteroatoms. The van der Waals surface area contributed by atoms with Gasteiger partial charge >= 0.3 is 0 Å². The van der Waals surface area contributed by atoms with Crippen LogP contribution in [0.3, 0.4) is 0 Å². The highest BCUT2D eigenvalue weighted by Gasteiger charge is 2.29. The lowest BCUT2D eigenvalue weighted by molar-refractivity contribution is 0.164. The molecule has 1 saturated carbocycles. The molecule has 15 heavy (non-hydrogen) atoms. The smallest absolute Gasteiger partial charge is 0.147 e. The van der Waals surface area contributed by atoms with Gasteiger partial charge in [-0.15, -0.1) is 0 Å². The van der Waals surface area contributed by atoms with Crippen molar-refractivity contribution in [3.63, 3.8) is 0 Å². The van der Waals surface area contributed by atoms with Crippen molar-refractivity contribution >= 4 is 5.82 Å². The van der Waals surface area contributed by atoms with Gasteiger partial charge in [-0.2, -0.15) is 0 Å². The fourth-order valence-electron chi connectivity index (χ4n) is 1.55. The van der Waals surface area contributed by atoms with Gasteiger partial charge in [-0.05, 0) is 32.6 Å². The zero-order chi connectivity index (χ0) is 10.8. The minimum atomic E-state index is -0.244. The van der Waals surface area contributed by atoms with Crippen LogP contribution in [0.4, 0.5) is 5.82 Å². The van der Waals surface area contributed by atoms with Gasteiger partial charge in [-0.3, -0.25) is 4.98 Å². The van der Waals surface area contributed by atoms with Crippen molar-refractivity contribution in [3.8, 4) is 0 Å². The lowest BCUT2D eigenvalue weighted by Gasteiger charge is -2.12. The van der Waals surface area contributed by atoms with Gasteiger partial charge in [-0.1, -0.05) is 0 Å². The quantitative estimate of drug-likeness (QED) is 0.780. The van der Waals surface area contributed by atoms with Crippen LogP contribution in [0.1, 0.15) is 24.2 Å². The van der Waals surface area contributed by atoms with E-state index >= 15 is 0 Å². The Kier molecular flexibility index (Phi) is 2.86. The molecule has 1 aliphatic rings. The maximum Gasteiger partial charge on any atom is 0.147 e. The van der Waals surface area contributed by atoms with E-state index in [1.165, 1.54) is 0 Å². The molecule has 2 N–H and O–H groups in total. The molecule has 4 nitrogen and oxygen atoms in total. The van der Waals surface area contributed by atoms with Gasteiger partial charge in [0.05, 0.1) is 17.5 Å². The fraction of sp³-hybridized carbons (Fsp3) is 0.636. The summed E-state index contributed by atoms with van der Waals surface area (Å²) in [6.45, 7) is 4.40. The fourth-order valence-corrected chi connectivity index (χ4v) is 1.55. The first-order valence-electron chi connectivity index (χ1n) is 5.39. The second-order valence-electron chi connectivity index (χ2n) is 4.23. The molecule has 1 aromatic rings. The molecule has 1 heterocycles. The predicted octanol–water partition coefficient (Wildman–Crippen LogP) is 1.28. The van der Waals surface area contributed by atoms with Crippen LogP contribution in [-0.4, -0.2) is 27.7 Å². The molecule has 0 bridgehead atoms. The zero-order valence-electron chi connectivity index (χ0n) is 9.20. The molecule has 0 amide bonds. The maximum absolute atomic E-state index is 9.70. The molecular weight excluding hydrogens is 190 g/mol. The van der Waals surface area contributed by atoms with Crippen LogP contribution in [0, 0.1) is 19.8 Å². The van der Waals surface area contributed by atoms with E-state index in [-0.39, 0.29) is 6.10 Å². The van der Waals surface area contributed by atoms with Crippen LogP contribution >= 0.6 is 0 Å². The minimum absolute atomic E-state index is 0.244. The Balaban J connectivity index is 1.94. The number of rotatable bonds is 4. The maximum atomic E-state index is 9.70. The summed E-state index contributed by atoms with van der Waals surface area (Å²) >= 11 is 0. The van der Waals surface area contributed by atoms with Crippen LogP contribution in [0.5, 0.6) is 0 Å². The summed E-state index contributed by atoms with van der Waals surface area (Å²) in [5, 5.41) is 12.9. The van der Waals surface area contributed by atoms with Gasteiger partial charge in [-0.25, -0.2) is 4.98 Å². The highest BCUT2D eigenvalue weighted by atomic mass is 16.3. The summed E-state index contributed by atoms with van der Waals surface area (Å²) < 4.78 is 0. The van der Waals surface area contributed by atoms with Crippen molar-refractivity contribution in [2.24, 2.45) is 5.92 Å². The number of anilines is 1. The van der Waals surface area contributed by atoms with Gasteiger partial charge in [0.25, 0.3) is 0 Å². The average Bonchev–Trinajstić information content (AvgIpc) is 3.02. The van der Waals surface area contributed by atoms with Gasteiger partial charge in [0.2, 0.25) is 0 Å². The summed E-state index contributed by atoms with van der Waals surface area (Å²) in [5.74, 6) is 1.28. The normalized spacial score (nSPS) is 17.5. The Morgan fingerprint density at radius 3 is 2.93 bits per heavy atom. The highest BCUT2D eigenvalue weighted by molar-refractivity contribution is 5.39. The predicted molar refractivity (Wildman–Crippen MR) is 58.7 cm³/mol. The summed E-state index contributed by atoms with van der Waals surface area (Å²) in [6, 6.07) is 0. The number of aromatic nitrogens is 2. The van der Waals surface area contributed by atoms with Crippen LogP contribution in [0.25, 0.3) is 0 Å². The standard InChI is InChI=1S/C11H17N3O/c1-7-5-12-8(2)11(14-7)13-6-10(15)9-3-4-9/h5,9-10,15H,3-4,6H2,1-2H3,(H,13,14). The van der Waals surface area contributed by atoms with E-state index < -0.39 is 0 Å². The Hall–Kier alpha value is -1.16. The van der Waals surface area contributed by atoms with Crippen LogP contribution in [0.2, 0.25) is 0 Å². The van der Waals surface area contributed by atoms with Crippen molar-refractivity contribution in [3.05, 3.63) is 17.6 Å². The Labute approximate surface area is 89.8 Å². The molecule has 1 fully saturated rings. The Morgan fingerprint density at radius 2 is 2.27 bits per heavy atom. The molecule has 82 valence electrons. The summed E-state index contributed by atoms with van der Waals surface area (Å²) in [7, 11) is 0. The summed E-state index contributed by atoms with van der Waals surface area (Å²) in [5.41, 5.74) is 1.77. The van der Waals surface area contributed by atoms with E-state index in [1.54, 1.807) is 6.20 Å². The molecule has 2 rings (SSSR count). The third-order valence-corrected chi connectivity index (χ3v) is 2.72. The molecule has 1 aliphatic carbocycles. The molecule has 1 aromatic heterocycles. The van der Waals surface area contributed by atoms with E-state index in [0.29, 0.717) is 12.5 Å². The van der Waals surface area contributed by atoms with E-state index in [4.69, 9.17) is 0 Å². The minimum Gasteiger partial charge on any atom is -0.391 e. The number of aliphatic hydroxyl groups is 1. The molecule has 0 radical (unpaired) electrons. The second-order valence-corrected chi connectivity index (χ2v) is 4.23. The molecule has 1 unspecified atom stereocenters. The van der Waals surface area contributed by atoms with Gasteiger partial charge in [0.15, 0.2) is 0 Å². The molecule has 0 spiro atoms. The second kappa shape index (κ2) is 4.14. The first-order valence-corrected chi connectivity index (χ1v) is 5.39. The number of hydrogen-bond donors (Lipinski definition) is 2. The third kappa shape index (κ3) is 2.65. The topological polar surface area (TPSA) is 58.0 Å². The van der Waals surface area contributed by atoms with Crippen molar-refractivity contribution in [2.75, 3.05) is 11.9 Å². The Morgan fingerprint density at radius 1 is 1.53 bits per heavy atom. The molecule has 0 aliphatic heterocycles. The SMILES string of the molecule is Cc1cnc(C)c(NCC(O)C2CC2)n1. The number of nitrogens with zero attached hydrogens (tertiary/aromatic N) is 2. The lowest BCUT2D eigenvalue weighted by atomic mass is 10.2. The average molecular weight is 207 g/mol. The molecule has 0 aromatic carbocycles. The molecule has 0 saturated heterocycles. The first-order chi connectivity index (χ1) is 7.16. The summed E-state index contributed by atoms with van der Waals surface area (Å²) in [6.07, 6.45) is 3.81. The zero-order valence-corrected chi connectivity index (χ0v) is 9.20. The number of aliphatic hydroxyl groups excluding tert-OH is 1. The monoisotopic (exact) mass is 207 g/mol. The van der Waals surface area contributed by atoms with E-state index in [9.17, 15) is 5.11 Å². The van der Waals surface area contributed by atoms with E-state index in [1.807, 2.05) is 13.8 Å². The van der Waals surface area contributed by atoms with Crippen molar-refractivity contribution in [2.45, 2.75) is 32.8 Å². The first kappa shape index (κ1) is 10.4. The van der Waals surface area contributed by atoms with Gasteiger partial charge in [0.1, 0.15) is 5.82 Å². The van der Waals surface area contributed by atoms with Crippen molar-refractivity contribution < 1.29 is 5.11 Å². The van der Waals surface area contributed by atoms with E-state index in [2.05, 4.69) is 15.3 Å². The third-order valence-electron chi connectivity index (χ3n) is 2.72. The lowest BCUT2D eigenvalue weighted by Crippen LogP contribution is -2.22. The Bertz CT molecular complexity index is 350. The van der Waals surface area contributed by atoms with Crippen molar-refractivity contribution in [1.29, 1.82) is 0 Å². The highest BCUT2D eigenvalue weighted by Crippen LogP contribution is 2.32. The van der Waals surface area contributed by atoms with Crippen LogP contribution in [-0.2, 0) is 0 Å². The van der Waals surface area contributed by atoms with Gasteiger partial charge < -0.3 is 10.4 Å². The van der Waals surface area contributed by atoms with Crippen LogP contribution < -0.4 is 5.32 Å². The molecule has 1 atom stereocenters. The van der Waals surface area contributed by atoms with Crippen molar-refractivity contribution in [1.82, 2.24) is 9.97 Å². The summed E-state index contributed by atoms with van der Waals surface area (Å²) in [4.78, 5) is 8.55. The van der Waals surface area contributed by atoms with E-state index in [0.717, 1.165) is 30.0 Å².